The minimum atomic E-state index is -1.49. The third-order valence-corrected chi connectivity index (χ3v) is 3.50. The van der Waals surface area contributed by atoms with Gasteiger partial charge in [-0.3, -0.25) is 24.5 Å². The van der Waals surface area contributed by atoms with E-state index in [-0.39, 0.29) is 5.56 Å². The number of carbonyl (C=O) groups is 3. The minimum absolute atomic E-state index is 0.254. The summed E-state index contributed by atoms with van der Waals surface area (Å²) in [5.74, 6) is -6.77. The van der Waals surface area contributed by atoms with Gasteiger partial charge in [0.2, 0.25) is 0 Å². The second-order valence-electron chi connectivity index (χ2n) is 4.87. The van der Waals surface area contributed by atoms with Gasteiger partial charge in [0.1, 0.15) is 5.82 Å². The largest absolute Gasteiger partial charge is 0.469 e. The molecule has 9 nitrogen and oxygen atoms in total. The fraction of sp³-hybridized carbons (Fsp3) is 0.400. The highest BCUT2D eigenvalue weighted by Crippen LogP contribution is 2.30. The number of ether oxygens (including phenoxy) is 3. The van der Waals surface area contributed by atoms with Crippen LogP contribution in [0.4, 0.5) is 10.1 Å². The maximum absolute atomic E-state index is 14.2. The average molecular weight is 357 g/mol. The van der Waals surface area contributed by atoms with Crippen LogP contribution in [0.3, 0.4) is 0 Å². The number of hydrogen-bond acceptors (Lipinski definition) is 8. The fourth-order valence-electron chi connectivity index (χ4n) is 2.21. The van der Waals surface area contributed by atoms with Crippen LogP contribution in [0.15, 0.2) is 18.2 Å². The predicted octanol–water partition coefficient (Wildman–Crippen LogP) is 1.34. The van der Waals surface area contributed by atoms with Crippen molar-refractivity contribution in [3.8, 4) is 0 Å². The van der Waals surface area contributed by atoms with Crippen LogP contribution in [0.1, 0.15) is 17.9 Å². The molecule has 0 saturated heterocycles. The van der Waals surface area contributed by atoms with Crippen LogP contribution in [0.25, 0.3) is 0 Å². The molecule has 0 radical (unpaired) electrons. The molecule has 0 spiro atoms. The number of esters is 3. The zero-order chi connectivity index (χ0) is 19.1. The first-order chi connectivity index (χ1) is 11.8. The number of nitrogens with zero attached hydrogens (tertiary/aromatic N) is 1. The second-order valence-corrected chi connectivity index (χ2v) is 4.87. The lowest BCUT2D eigenvalue weighted by molar-refractivity contribution is -0.385. The third-order valence-electron chi connectivity index (χ3n) is 3.50. The molecule has 1 atom stereocenters. The lowest BCUT2D eigenvalue weighted by Crippen LogP contribution is -2.31. The van der Waals surface area contributed by atoms with Gasteiger partial charge >= 0.3 is 17.9 Å². The number of non-ortho nitro benzene ring substituents is 1. The van der Waals surface area contributed by atoms with Gasteiger partial charge in [-0.05, 0) is 12.5 Å². The fourth-order valence-corrected chi connectivity index (χ4v) is 2.21. The number of carbonyl (C=O) groups excluding carboxylic acids is 3. The normalized spacial score (nSPS) is 11.6. The summed E-state index contributed by atoms with van der Waals surface area (Å²) in [6.07, 6.45) is -0.485. The molecule has 10 heteroatoms. The van der Waals surface area contributed by atoms with Gasteiger partial charge < -0.3 is 14.2 Å². The van der Waals surface area contributed by atoms with Gasteiger partial charge in [0.25, 0.3) is 5.69 Å². The second kappa shape index (κ2) is 8.71. The van der Waals surface area contributed by atoms with Crippen molar-refractivity contribution in [2.45, 2.75) is 12.3 Å². The third kappa shape index (κ3) is 4.72. The van der Waals surface area contributed by atoms with E-state index in [0.717, 1.165) is 33.5 Å². The van der Waals surface area contributed by atoms with Crippen molar-refractivity contribution in [2.75, 3.05) is 21.3 Å². The number of nitro groups is 1. The maximum Gasteiger partial charge on any atom is 0.320 e. The highest BCUT2D eigenvalue weighted by atomic mass is 19.1. The molecule has 0 amide bonds. The van der Waals surface area contributed by atoms with Crippen LogP contribution in [-0.2, 0) is 28.6 Å². The number of nitro benzene ring substituents is 1. The molecule has 1 aromatic carbocycles. The molecule has 0 fully saturated rings. The van der Waals surface area contributed by atoms with Crippen molar-refractivity contribution < 1.29 is 37.9 Å². The van der Waals surface area contributed by atoms with Crippen LogP contribution < -0.4 is 0 Å². The molecule has 0 N–H and O–H groups in total. The predicted molar refractivity (Wildman–Crippen MR) is 80.0 cm³/mol. The first-order valence-corrected chi connectivity index (χ1v) is 6.94. The molecule has 0 bridgehead atoms. The SMILES string of the molecule is COC(=O)C(CC(C(=O)OC)c1ccc([N+](=O)[O-])cc1F)C(=O)OC. The van der Waals surface area contributed by atoms with Gasteiger partial charge in [-0.1, -0.05) is 0 Å². The van der Waals surface area contributed by atoms with E-state index in [9.17, 15) is 28.9 Å². The van der Waals surface area contributed by atoms with E-state index in [1.54, 1.807) is 0 Å². The Morgan fingerprint density at radius 1 is 1.08 bits per heavy atom. The van der Waals surface area contributed by atoms with Gasteiger partial charge in [0.05, 0.1) is 38.2 Å². The first kappa shape index (κ1) is 20.0. The Kier molecular flexibility index (Phi) is 6.97. The lowest BCUT2D eigenvalue weighted by Gasteiger charge is -2.19. The van der Waals surface area contributed by atoms with E-state index < -0.39 is 52.6 Å². The molecule has 0 heterocycles. The van der Waals surface area contributed by atoms with E-state index in [0.29, 0.717) is 6.07 Å². The molecule has 1 rings (SSSR count). The maximum atomic E-state index is 14.2. The Morgan fingerprint density at radius 3 is 2.00 bits per heavy atom. The van der Waals surface area contributed by atoms with E-state index in [4.69, 9.17) is 0 Å². The van der Waals surface area contributed by atoms with E-state index in [1.165, 1.54) is 0 Å². The van der Waals surface area contributed by atoms with Crippen molar-refractivity contribution in [1.82, 2.24) is 0 Å². The molecular formula is C15H16FNO8. The summed E-state index contributed by atoms with van der Waals surface area (Å²) in [7, 11) is 3.12. The quantitative estimate of drug-likeness (QED) is 0.236. The number of hydrogen-bond donors (Lipinski definition) is 0. The summed E-state index contributed by atoms with van der Waals surface area (Å²) in [6.45, 7) is 0. The molecule has 1 unspecified atom stereocenters. The minimum Gasteiger partial charge on any atom is -0.469 e. The molecular weight excluding hydrogens is 341 g/mol. The molecule has 25 heavy (non-hydrogen) atoms. The van der Waals surface area contributed by atoms with Crippen molar-refractivity contribution in [2.24, 2.45) is 5.92 Å². The molecule has 0 aliphatic rings. The molecule has 0 saturated carbocycles. The monoisotopic (exact) mass is 357 g/mol. The van der Waals surface area contributed by atoms with Gasteiger partial charge in [0.15, 0.2) is 5.92 Å². The molecule has 0 aliphatic heterocycles. The van der Waals surface area contributed by atoms with Crippen molar-refractivity contribution in [3.05, 3.63) is 39.7 Å². The van der Waals surface area contributed by atoms with E-state index in [2.05, 4.69) is 14.2 Å². The summed E-state index contributed by atoms with van der Waals surface area (Å²) >= 11 is 0. The summed E-state index contributed by atoms with van der Waals surface area (Å²) in [4.78, 5) is 45.4. The van der Waals surface area contributed by atoms with Gasteiger partial charge in [-0.2, -0.15) is 0 Å². The lowest BCUT2D eigenvalue weighted by atomic mass is 9.88. The molecule has 136 valence electrons. The first-order valence-electron chi connectivity index (χ1n) is 6.94. The van der Waals surface area contributed by atoms with Crippen LogP contribution >= 0.6 is 0 Å². The smallest absolute Gasteiger partial charge is 0.320 e. The van der Waals surface area contributed by atoms with Crippen LogP contribution in [0.5, 0.6) is 0 Å². The highest BCUT2D eigenvalue weighted by molar-refractivity contribution is 5.95. The van der Waals surface area contributed by atoms with Crippen LogP contribution in [-0.4, -0.2) is 44.2 Å². The summed E-state index contributed by atoms with van der Waals surface area (Å²) < 4.78 is 27.8. The Hall–Kier alpha value is -3.04. The van der Waals surface area contributed by atoms with Crippen molar-refractivity contribution >= 4 is 23.6 Å². The van der Waals surface area contributed by atoms with Crippen LogP contribution in [0.2, 0.25) is 0 Å². The molecule has 0 aromatic heterocycles. The Bertz CT molecular complexity index is 674. The molecule has 0 aliphatic carbocycles. The number of benzene rings is 1. The summed E-state index contributed by atoms with van der Waals surface area (Å²) in [5, 5.41) is 10.7. The van der Waals surface area contributed by atoms with Gasteiger partial charge in [-0.15, -0.1) is 0 Å². The Labute approximate surface area is 141 Å². The van der Waals surface area contributed by atoms with Gasteiger partial charge in [-0.25, -0.2) is 4.39 Å². The molecule has 1 aromatic rings. The van der Waals surface area contributed by atoms with E-state index >= 15 is 0 Å². The Morgan fingerprint density at radius 2 is 1.60 bits per heavy atom. The van der Waals surface area contributed by atoms with Crippen molar-refractivity contribution in [1.29, 1.82) is 0 Å². The number of halogens is 1. The van der Waals surface area contributed by atoms with Gasteiger partial charge in [0, 0.05) is 11.6 Å². The number of rotatable bonds is 7. The zero-order valence-electron chi connectivity index (χ0n) is 13.7. The standard InChI is InChI=1S/C15H16FNO8/c1-23-13(18)10(7-11(14(19)24-2)15(20)25-3)9-5-4-8(17(21)22)6-12(9)16/h4-6,10-11H,7H2,1-3H3. The Balaban J connectivity index is 3.29. The zero-order valence-corrected chi connectivity index (χ0v) is 13.7. The average Bonchev–Trinajstić information content (AvgIpc) is 2.61. The highest BCUT2D eigenvalue weighted by Gasteiger charge is 2.36. The van der Waals surface area contributed by atoms with Crippen LogP contribution in [0, 0.1) is 21.8 Å². The topological polar surface area (TPSA) is 122 Å². The summed E-state index contributed by atoms with van der Waals surface area (Å²) in [6, 6.07) is 2.66. The van der Waals surface area contributed by atoms with Crippen molar-refractivity contribution in [3.63, 3.8) is 0 Å². The summed E-state index contributed by atoms with van der Waals surface area (Å²) in [5.41, 5.74) is -0.766. The number of methoxy groups -OCH3 is 3. The van der Waals surface area contributed by atoms with E-state index in [1.807, 2.05) is 0 Å².